The molecule has 1 aliphatic rings. The van der Waals surface area contributed by atoms with Gasteiger partial charge in [0, 0.05) is 30.4 Å². The molecule has 7 heteroatoms. The van der Waals surface area contributed by atoms with Crippen molar-refractivity contribution in [2.75, 3.05) is 18.4 Å². The van der Waals surface area contributed by atoms with Crippen molar-refractivity contribution in [1.29, 1.82) is 0 Å². The summed E-state index contributed by atoms with van der Waals surface area (Å²) >= 11 is 0. The number of anilines is 1. The lowest BCUT2D eigenvalue weighted by Crippen LogP contribution is -2.39. The van der Waals surface area contributed by atoms with E-state index < -0.39 is 14.8 Å². The SMILES string of the molecule is CC(C)(C)S(=O)(=O)NCCCCCNc1cccc(C(=O)NC2CCCCC2)c1. The Bertz CT molecular complexity index is 751. The molecule has 6 nitrogen and oxygen atoms in total. The predicted molar refractivity (Wildman–Crippen MR) is 120 cm³/mol. The molecule has 29 heavy (non-hydrogen) atoms. The van der Waals surface area contributed by atoms with Gasteiger partial charge in [-0.2, -0.15) is 0 Å². The van der Waals surface area contributed by atoms with E-state index in [1.807, 2.05) is 24.3 Å². The zero-order chi connectivity index (χ0) is 21.3. The van der Waals surface area contributed by atoms with Gasteiger partial charge in [-0.15, -0.1) is 0 Å². The molecule has 0 heterocycles. The van der Waals surface area contributed by atoms with Crippen LogP contribution >= 0.6 is 0 Å². The molecule has 1 aromatic carbocycles. The molecule has 3 N–H and O–H groups in total. The smallest absolute Gasteiger partial charge is 0.251 e. The first kappa shape index (κ1) is 23.7. The molecule has 0 spiro atoms. The first-order valence-electron chi connectivity index (χ1n) is 10.8. The minimum Gasteiger partial charge on any atom is -0.385 e. The van der Waals surface area contributed by atoms with Gasteiger partial charge in [-0.3, -0.25) is 4.79 Å². The third-order valence-electron chi connectivity index (χ3n) is 5.35. The Morgan fingerprint density at radius 1 is 1.03 bits per heavy atom. The maximum atomic E-state index is 12.5. The lowest BCUT2D eigenvalue weighted by Gasteiger charge is -2.22. The van der Waals surface area contributed by atoms with Gasteiger partial charge >= 0.3 is 0 Å². The van der Waals surface area contributed by atoms with Gasteiger partial charge in [0.15, 0.2) is 0 Å². The number of carbonyl (C=O) groups excluding carboxylic acids is 1. The molecule has 0 saturated heterocycles. The van der Waals surface area contributed by atoms with Gasteiger partial charge < -0.3 is 10.6 Å². The lowest BCUT2D eigenvalue weighted by molar-refractivity contribution is 0.0927. The maximum absolute atomic E-state index is 12.5. The Kier molecular flexibility index (Phi) is 8.96. The lowest BCUT2D eigenvalue weighted by atomic mass is 9.95. The number of rotatable bonds is 10. The number of amides is 1. The highest BCUT2D eigenvalue weighted by Crippen LogP contribution is 2.18. The fourth-order valence-electron chi connectivity index (χ4n) is 3.37. The second-order valence-corrected chi connectivity index (χ2v) is 11.4. The van der Waals surface area contributed by atoms with Crippen LogP contribution in [0.3, 0.4) is 0 Å². The van der Waals surface area contributed by atoms with Crippen LogP contribution in [-0.2, 0) is 10.0 Å². The average molecular weight is 424 g/mol. The molecule has 164 valence electrons. The normalized spacial score (nSPS) is 15.8. The number of hydrogen-bond donors (Lipinski definition) is 3. The van der Waals surface area contributed by atoms with Gasteiger partial charge in [-0.1, -0.05) is 31.7 Å². The standard InChI is InChI=1S/C22H37N3O3S/c1-22(2,3)29(27,28)24-16-9-5-8-15-23-20-14-10-11-18(17-20)21(26)25-19-12-6-4-7-13-19/h10-11,14,17,19,23-24H,4-9,12-13,15-16H2,1-3H3,(H,25,26). The summed E-state index contributed by atoms with van der Waals surface area (Å²) in [6.07, 6.45) is 8.51. The Morgan fingerprint density at radius 2 is 1.72 bits per heavy atom. The van der Waals surface area contributed by atoms with Crippen LogP contribution in [0.15, 0.2) is 24.3 Å². The van der Waals surface area contributed by atoms with Crippen molar-refractivity contribution >= 4 is 21.6 Å². The third-order valence-corrected chi connectivity index (χ3v) is 7.54. The van der Waals surface area contributed by atoms with E-state index in [2.05, 4.69) is 15.4 Å². The summed E-state index contributed by atoms with van der Waals surface area (Å²) in [5, 5.41) is 6.51. The van der Waals surface area contributed by atoms with Crippen LogP contribution in [0.1, 0.15) is 82.5 Å². The van der Waals surface area contributed by atoms with Crippen molar-refractivity contribution in [2.24, 2.45) is 0 Å². The fourth-order valence-corrected chi connectivity index (χ4v) is 4.21. The minimum atomic E-state index is -3.26. The zero-order valence-electron chi connectivity index (χ0n) is 18.1. The van der Waals surface area contributed by atoms with E-state index in [0.29, 0.717) is 18.2 Å². The summed E-state index contributed by atoms with van der Waals surface area (Å²) in [6.45, 7) is 6.35. The van der Waals surface area contributed by atoms with Crippen molar-refractivity contribution in [2.45, 2.75) is 82.9 Å². The Balaban J connectivity index is 1.67. The number of unbranched alkanes of at least 4 members (excludes halogenated alkanes) is 2. The van der Waals surface area contributed by atoms with E-state index in [-0.39, 0.29) is 5.91 Å². The number of sulfonamides is 1. The first-order valence-corrected chi connectivity index (χ1v) is 12.3. The summed E-state index contributed by atoms with van der Waals surface area (Å²) in [4.78, 5) is 12.5. The molecule has 0 aliphatic heterocycles. The van der Waals surface area contributed by atoms with Crippen LogP contribution in [0.4, 0.5) is 5.69 Å². The van der Waals surface area contributed by atoms with Gasteiger partial charge in [0.1, 0.15) is 0 Å². The molecule has 1 amide bonds. The van der Waals surface area contributed by atoms with Crippen LogP contribution < -0.4 is 15.4 Å². The van der Waals surface area contributed by atoms with Gasteiger partial charge in [0.05, 0.1) is 4.75 Å². The van der Waals surface area contributed by atoms with Gasteiger partial charge in [0.25, 0.3) is 5.91 Å². The number of hydrogen-bond acceptors (Lipinski definition) is 4. The molecule has 0 aromatic heterocycles. The van der Waals surface area contributed by atoms with Crippen LogP contribution in [0.25, 0.3) is 0 Å². The minimum absolute atomic E-state index is 0.00619. The molecule has 0 bridgehead atoms. The van der Waals surface area contributed by atoms with Gasteiger partial charge in [0.2, 0.25) is 10.0 Å². The van der Waals surface area contributed by atoms with Crippen molar-refractivity contribution in [3.05, 3.63) is 29.8 Å². The predicted octanol–water partition coefficient (Wildman–Crippen LogP) is 4.05. The van der Waals surface area contributed by atoms with E-state index in [4.69, 9.17) is 0 Å². The molecule has 2 rings (SSSR count). The molecule has 0 radical (unpaired) electrons. The van der Waals surface area contributed by atoms with Gasteiger partial charge in [-0.05, 0) is 64.7 Å². The molecule has 1 saturated carbocycles. The van der Waals surface area contributed by atoms with Crippen LogP contribution in [0.5, 0.6) is 0 Å². The first-order chi connectivity index (χ1) is 13.7. The monoisotopic (exact) mass is 423 g/mol. The van der Waals surface area contributed by atoms with Gasteiger partial charge in [-0.25, -0.2) is 13.1 Å². The summed E-state index contributed by atoms with van der Waals surface area (Å²) in [5.74, 6) is 0.00619. The van der Waals surface area contributed by atoms with E-state index >= 15 is 0 Å². The number of carbonyl (C=O) groups is 1. The quantitative estimate of drug-likeness (QED) is 0.496. The molecular weight excluding hydrogens is 386 g/mol. The number of nitrogens with one attached hydrogen (secondary N) is 3. The molecule has 1 fully saturated rings. The summed E-state index contributed by atoms with van der Waals surface area (Å²) in [5.41, 5.74) is 1.63. The van der Waals surface area contributed by atoms with Crippen LogP contribution in [0.2, 0.25) is 0 Å². The van der Waals surface area contributed by atoms with Crippen molar-refractivity contribution in [3.8, 4) is 0 Å². The zero-order valence-corrected chi connectivity index (χ0v) is 18.9. The van der Waals surface area contributed by atoms with E-state index in [9.17, 15) is 13.2 Å². The third kappa shape index (κ3) is 7.97. The Labute approximate surface area is 176 Å². The van der Waals surface area contributed by atoms with E-state index in [1.54, 1.807) is 20.8 Å². The summed E-state index contributed by atoms with van der Waals surface area (Å²) in [6, 6.07) is 7.93. The molecule has 0 atom stereocenters. The molecular formula is C22H37N3O3S. The van der Waals surface area contributed by atoms with Crippen molar-refractivity contribution in [1.82, 2.24) is 10.0 Å². The molecule has 0 unspecified atom stereocenters. The summed E-state index contributed by atoms with van der Waals surface area (Å²) < 4.78 is 25.9. The van der Waals surface area contributed by atoms with Crippen LogP contribution in [-0.4, -0.2) is 38.2 Å². The molecule has 1 aromatic rings. The Hall–Kier alpha value is -1.60. The summed E-state index contributed by atoms with van der Waals surface area (Å²) in [7, 11) is -3.26. The van der Waals surface area contributed by atoms with E-state index in [0.717, 1.165) is 44.3 Å². The molecule has 1 aliphatic carbocycles. The second kappa shape index (κ2) is 11.0. The average Bonchev–Trinajstić information content (AvgIpc) is 2.67. The van der Waals surface area contributed by atoms with Crippen LogP contribution in [0, 0.1) is 0 Å². The largest absolute Gasteiger partial charge is 0.385 e. The fraction of sp³-hybridized carbons (Fsp3) is 0.682. The second-order valence-electron chi connectivity index (χ2n) is 8.89. The maximum Gasteiger partial charge on any atom is 0.251 e. The Morgan fingerprint density at radius 3 is 2.41 bits per heavy atom. The number of benzene rings is 1. The van der Waals surface area contributed by atoms with E-state index in [1.165, 1.54) is 19.3 Å². The van der Waals surface area contributed by atoms with Crippen molar-refractivity contribution in [3.63, 3.8) is 0 Å². The topological polar surface area (TPSA) is 87.3 Å². The highest BCUT2D eigenvalue weighted by atomic mass is 32.2. The highest BCUT2D eigenvalue weighted by molar-refractivity contribution is 7.90. The van der Waals surface area contributed by atoms with Crippen molar-refractivity contribution < 1.29 is 13.2 Å². The highest BCUT2D eigenvalue weighted by Gasteiger charge is 2.27.